The molecule has 4 nitrogen and oxygen atoms in total. The first-order valence-corrected chi connectivity index (χ1v) is 8.33. The lowest BCUT2D eigenvalue weighted by Gasteiger charge is -2.18. The van der Waals surface area contributed by atoms with Gasteiger partial charge in [-0.25, -0.2) is 9.97 Å². The highest BCUT2D eigenvalue weighted by atomic mass is 35.5. The van der Waals surface area contributed by atoms with Gasteiger partial charge in [0, 0.05) is 29.9 Å². The zero-order chi connectivity index (χ0) is 16.4. The van der Waals surface area contributed by atoms with Crippen molar-refractivity contribution in [3.05, 3.63) is 77.1 Å². The average molecular weight is 337 g/mol. The molecule has 0 saturated carbocycles. The zero-order valence-corrected chi connectivity index (χ0v) is 13.9. The van der Waals surface area contributed by atoms with Crippen LogP contribution in [0.25, 0.3) is 0 Å². The standard InChI is InChI=1S/C19H17ClN4/c20-16-7-5-14(6-8-16)12-21-18-11-19(23-13-22-18)24-10-9-15-3-1-2-4-17(15)24/h1-8,11,13H,9-10,12H2,(H,21,22,23). The molecule has 120 valence electrons. The third-order valence-corrected chi connectivity index (χ3v) is 4.46. The van der Waals surface area contributed by atoms with E-state index in [9.17, 15) is 0 Å². The van der Waals surface area contributed by atoms with Gasteiger partial charge in [0.05, 0.1) is 0 Å². The van der Waals surface area contributed by atoms with Crippen LogP contribution in [0, 0.1) is 0 Å². The molecule has 3 aromatic rings. The number of halogens is 1. The molecule has 0 atom stereocenters. The first-order chi connectivity index (χ1) is 11.8. The number of fused-ring (bicyclic) bond motifs is 1. The van der Waals surface area contributed by atoms with E-state index < -0.39 is 0 Å². The third kappa shape index (κ3) is 3.05. The molecule has 1 N–H and O–H groups in total. The molecule has 4 rings (SSSR count). The van der Waals surface area contributed by atoms with Crippen molar-refractivity contribution in [2.75, 3.05) is 16.8 Å². The van der Waals surface area contributed by atoms with Gasteiger partial charge in [-0.2, -0.15) is 0 Å². The van der Waals surface area contributed by atoms with Gasteiger partial charge >= 0.3 is 0 Å². The minimum Gasteiger partial charge on any atom is -0.366 e. The van der Waals surface area contributed by atoms with Crippen LogP contribution in [-0.2, 0) is 13.0 Å². The largest absolute Gasteiger partial charge is 0.366 e. The fraction of sp³-hybridized carbons (Fsp3) is 0.158. The Bertz CT molecular complexity index is 848. The molecule has 0 spiro atoms. The molecule has 0 radical (unpaired) electrons. The summed E-state index contributed by atoms with van der Waals surface area (Å²) in [5.41, 5.74) is 3.76. The lowest BCUT2D eigenvalue weighted by molar-refractivity contribution is 0.961. The van der Waals surface area contributed by atoms with E-state index in [1.54, 1.807) is 6.33 Å². The van der Waals surface area contributed by atoms with E-state index in [2.05, 4.69) is 44.5 Å². The van der Waals surface area contributed by atoms with Crippen LogP contribution in [0.2, 0.25) is 5.02 Å². The molecule has 1 aromatic heterocycles. The van der Waals surface area contributed by atoms with Gasteiger partial charge in [-0.3, -0.25) is 0 Å². The Morgan fingerprint density at radius 3 is 2.75 bits per heavy atom. The summed E-state index contributed by atoms with van der Waals surface area (Å²) >= 11 is 5.92. The molecule has 0 fully saturated rings. The van der Waals surface area contributed by atoms with Crippen LogP contribution in [-0.4, -0.2) is 16.5 Å². The van der Waals surface area contributed by atoms with Crippen molar-refractivity contribution >= 4 is 28.9 Å². The quantitative estimate of drug-likeness (QED) is 0.765. The molecule has 1 aliphatic heterocycles. The summed E-state index contributed by atoms with van der Waals surface area (Å²) in [6.45, 7) is 1.65. The second-order valence-corrected chi connectivity index (χ2v) is 6.21. The molecule has 24 heavy (non-hydrogen) atoms. The Morgan fingerprint density at radius 1 is 1.04 bits per heavy atom. The highest BCUT2D eigenvalue weighted by Gasteiger charge is 2.20. The van der Waals surface area contributed by atoms with Crippen LogP contribution in [0.1, 0.15) is 11.1 Å². The highest BCUT2D eigenvalue weighted by Crippen LogP contribution is 2.33. The van der Waals surface area contributed by atoms with Crippen molar-refractivity contribution < 1.29 is 0 Å². The van der Waals surface area contributed by atoms with Crippen LogP contribution in [0.3, 0.4) is 0 Å². The lowest BCUT2D eigenvalue weighted by Crippen LogP contribution is -2.15. The fourth-order valence-corrected chi connectivity index (χ4v) is 3.09. The molecule has 5 heteroatoms. The number of aromatic nitrogens is 2. The molecule has 0 unspecified atom stereocenters. The smallest absolute Gasteiger partial charge is 0.138 e. The van der Waals surface area contributed by atoms with Crippen molar-refractivity contribution in [2.45, 2.75) is 13.0 Å². The zero-order valence-electron chi connectivity index (χ0n) is 13.1. The van der Waals surface area contributed by atoms with Crippen molar-refractivity contribution in [3.63, 3.8) is 0 Å². The maximum absolute atomic E-state index is 5.92. The monoisotopic (exact) mass is 336 g/mol. The minimum absolute atomic E-state index is 0.699. The number of nitrogens with one attached hydrogen (secondary N) is 1. The van der Waals surface area contributed by atoms with E-state index in [-0.39, 0.29) is 0 Å². The molecule has 0 aliphatic carbocycles. The minimum atomic E-state index is 0.699. The molecule has 0 amide bonds. The van der Waals surface area contributed by atoms with E-state index in [0.717, 1.165) is 35.2 Å². The van der Waals surface area contributed by atoms with Gasteiger partial charge in [-0.1, -0.05) is 41.9 Å². The molecule has 1 aliphatic rings. The van der Waals surface area contributed by atoms with Crippen molar-refractivity contribution in [1.82, 2.24) is 9.97 Å². The molecular weight excluding hydrogens is 320 g/mol. The van der Waals surface area contributed by atoms with Crippen LogP contribution in [0.15, 0.2) is 60.9 Å². The van der Waals surface area contributed by atoms with E-state index >= 15 is 0 Å². The number of benzene rings is 2. The number of rotatable bonds is 4. The Balaban J connectivity index is 1.51. The summed E-state index contributed by atoms with van der Waals surface area (Å²) in [7, 11) is 0. The van der Waals surface area contributed by atoms with Crippen molar-refractivity contribution in [2.24, 2.45) is 0 Å². The number of anilines is 3. The van der Waals surface area contributed by atoms with E-state index in [0.29, 0.717) is 6.54 Å². The van der Waals surface area contributed by atoms with Crippen molar-refractivity contribution in [1.29, 1.82) is 0 Å². The summed E-state index contributed by atoms with van der Waals surface area (Å²) in [4.78, 5) is 11.0. The Labute approximate surface area is 146 Å². The van der Waals surface area contributed by atoms with Crippen LogP contribution >= 0.6 is 11.6 Å². The van der Waals surface area contributed by atoms with Gasteiger partial charge in [0.25, 0.3) is 0 Å². The van der Waals surface area contributed by atoms with E-state index in [1.165, 1.54) is 11.3 Å². The van der Waals surface area contributed by atoms with Gasteiger partial charge in [0.15, 0.2) is 0 Å². The first kappa shape index (κ1) is 15.0. The Kier molecular flexibility index (Phi) is 4.05. The van der Waals surface area contributed by atoms with Crippen LogP contribution < -0.4 is 10.2 Å². The normalized spacial score (nSPS) is 13.0. The first-order valence-electron chi connectivity index (χ1n) is 7.95. The molecule has 2 heterocycles. The van der Waals surface area contributed by atoms with Gasteiger partial charge < -0.3 is 10.2 Å². The molecular formula is C19H17ClN4. The molecule has 0 saturated heterocycles. The highest BCUT2D eigenvalue weighted by molar-refractivity contribution is 6.30. The predicted molar refractivity (Wildman–Crippen MR) is 98.0 cm³/mol. The predicted octanol–water partition coefficient (Wildman–Crippen LogP) is 4.44. The molecule has 2 aromatic carbocycles. The van der Waals surface area contributed by atoms with Crippen LogP contribution in [0.4, 0.5) is 17.3 Å². The summed E-state index contributed by atoms with van der Waals surface area (Å²) in [5, 5.41) is 4.09. The summed E-state index contributed by atoms with van der Waals surface area (Å²) in [6.07, 6.45) is 2.66. The maximum Gasteiger partial charge on any atom is 0.138 e. The summed E-state index contributed by atoms with van der Waals surface area (Å²) in [6, 6.07) is 18.3. The number of para-hydroxylation sites is 1. The van der Waals surface area contributed by atoms with E-state index in [1.807, 2.05) is 30.3 Å². The van der Waals surface area contributed by atoms with Crippen LogP contribution in [0.5, 0.6) is 0 Å². The van der Waals surface area contributed by atoms with Gasteiger partial charge in [-0.05, 0) is 35.7 Å². The van der Waals surface area contributed by atoms with Gasteiger partial charge in [0.2, 0.25) is 0 Å². The van der Waals surface area contributed by atoms with Crippen molar-refractivity contribution in [3.8, 4) is 0 Å². The Hall–Kier alpha value is -2.59. The topological polar surface area (TPSA) is 41.0 Å². The number of hydrogen-bond donors (Lipinski definition) is 1. The summed E-state index contributed by atoms with van der Waals surface area (Å²) < 4.78 is 0. The third-order valence-electron chi connectivity index (χ3n) is 4.20. The van der Waals surface area contributed by atoms with Gasteiger partial charge in [0.1, 0.15) is 18.0 Å². The summed E-state index contributed by atoms with van der Waals surface area (Å²) in [5.74, 6) is 1.74. The number of nitrogens with zero attached hydrogens (tertiary/aromatic N) is 3. The van der Waals surface area contributed by atoms with Gasteiger partial charge in [-0.15, -0.1) is 0 Å². The second kappa shape index (κ2) is 6.49. The second-order valence-electron chi connectivity index (χ2n) is 5.77. The maximum atomic E-state index is 5.92. The SMILES string of the molecule is Clc1ccc(CNc2cc(N3CCc4ccccc43)ncn2)cc1. The average Bonchev–Trinajstić information content (AvgIpc) is 3.06. The Morgan fingerprint density at radius 2 is 1.88 bits per heavy atom. The number of hydrogen-bond acceptors (Lipinski definition) is 4. The lowest BCUT2D eigenvalue weighted by atomic mass is 10.2. The molecule has 0 bridgehead atoms. The fourth-order valence-electron chi connectivity index (χ4n) is 2.96. The van der Waals surface area contributed by atoms with E-state index in [4.69, 9.17) is 11.6 Å².